The van der Waals surface area contributed by atoms with E-state index in [-0.39, 0.29) is 6.71 Å². The molecular formula is C84H60BN3. The zero-order valence-corrected chi connectivity index (χ0v) is 49.2. The lowest BCUT2D eigenvalue weighted by atomic mass is 9.33. The number of anilines is 6. The maximum absolute atomic E-state index is 2.64. The van der Waals surface area contributed by atoms with Gasteiger partial charge in [-0.25, -0.2) is 0 Å². The fraction of sp³-hybridized carbons (Fsp3) is 0.0476. The molecule has 88 heavy (non-hydrogen) atoms. The smallest absolute Gasteiger partial charge is 0.252 e. The van der Waals surface area contributed by atoms with E-state index in [4.69, 9.17) is 0 Å². The second-order valence-corrected chi connectivity index (χ2v) is 24.0. The molecule has 17 rings (SSSR count). The summed E-state index contributed by atoms with van der Waals surface area (Å²) >= 11 is 0. The maximum Gasteiger partial charge on any atom is 0.252 e. The number of hydrogen-bond acceptors (Lipinski definition) is 2. The Kier molecular flexibility index (Phi) is 12.3. The lowest BCUT2D eigenvalue weighted by Gasteiger charge is -2.45. The van der Waals surface area contributed by atoms with Crippen LogP contribution in [-0.2, 0) is 0 Å². The van der Waals surface area contributed by atoms with E-state index in [1.165, 1.54) is 143 Å². The van der Waals surface area contributed by atoms with E-state index in [1.807, 2.05) is 0 Å². The van der Waals surface area contributed by atoms with Gasteiger partial charge in [0, 0.05) is 50.6 Å². The Bertz CT molecular complexity index is 5210. The second kappa shape index (κ2) is 20.9. The first-order chi connectivity index (χ1) is 43.5. The third-order valence-corrected chi connectivity index (χ3v) is 19.0. The van der Waals surface area contributed by atoms with Crippen molar-refractivity contribution in [2.75, 3.05) is 9.80 Å². The molecule has 0 spiro atoms. The van der Waals surface area contributed by atoms with E-state index >= 15 is 0 Å². The molecule has 0 saturated carbocycles. The van der Waals surface area contributed by atoms with Crippen LogP contribution in [0.25, 0.3) is 93.2 Å². The summed E-state index contributed by atoms with van der Waals surface area (Å²) < 4.78 is 2.48. The maximum atomic E-state index is 2.64. The molecule has 4 heteroatoms. The highest BCUT2D eigenvalue weighted by Crippen LogP contribution is 2.49. The van der Waals surface area contributed by atoms with Crippen LogP contribution in [0.2, 0.25) is 0 Å². The molecule has 0 atom stereocenters. The van der Waals surface area contributed by atoms with Gasteiger partial charge in [-0.15, -0.1) is 0 Å². The van der Waals surface area contributed by atoms with Gasteiger partial charge in [0.25, 0.3) is 6.71 Å². The molecule has 1 aromatic heterocycles. The summed E-state index contributed by atoms with van der Waals surface area (Å²) in [6.07, 6.45) is 13.4. The Labute approximate surface area is 514 Å². The second-order valence-electron chi connectivity index (χ2n) is 24.0. The minimum atomic E-state index is -0.140. The summed E-state index contributed by atoms with van der Waals surface area (Å²) in [6, 6.07) is 102. The molecule has 0 unspecified atom stereocenters. The van der Waals surface area contributed by atoms with Gasteiger partial charge in [-0.05, 0) is 192 Å². The van der Waals surface area contributed by atoms with E-state index in [1.54, 1.807) is 0 Å². The van der Waals surface area contributed by atoms with Gasteiger partial charge in [-0.2, -0.15) is 0 Å². The van der Waals surface area contributed by atoms with Gasteiger partial charge in [-0.3, -0.25) is 0 Å². The molecule has 0 radical (unpaired) electrons. The molecular weight excluding hydrogens is 1060 g/mol. The van der Waals surface area contributed by atoms with Gasteiger partial charge in [0.2, 0.25) is 0 Å². The van der Waals surface area contributed by atoms with Crippen molar-refractivity contribution in [3.63, 3.8) is 0 Å². The Balaban J connectivity index is 0.993. The molecule has 13 aromatic carbocycles. The van der Waals surface area contributed by atoms with E-state index in [2.05, 4.69) is 332 Å². The molecule has 3 heterocycles. The highest BCUT2D eigenvalue weighted by atomic mass is 15.2. The number of aryl methyl sites for hydroxylation is 1. The predicted octanol–water partition coefficient (Wildman–Crippen LogP) is 20.7. The monoisotopic (exact) mass is 1120 g/mol. The quantitative estimate of drug-likeness (QED) is 0.0768. The molecule has 0 amide bonds. The van der Waals surface area contributed by atoms with Crippen molar-refractivity contribution in [2.24, 2.45) is 0 Å². The summed E-state index contributed by atoms with van der Waals surface area (Å²) in [5.74, 6) is 0. The number of nitrogens with zero attached hydrogens (tertiary/aromatic N) is 3. The van der Waals surface area contributed by atoms with E-state index in [9.17, 15) is 0 Å². The Morgan fingerprint density at radius 3 is 1.59 bits per heavy atom. The van der Waals surface area contributed by atoms with Crippen LogP contribution in [0.15, 0.2) is 309 Å². The third-order valence-electron chi connectivity index (χ3n) is 19.0. The van der Waals surface area contributed by atoms with Crippen molar-refractivity contribution in [2.45, 2.75) is 26.7 Å². The number of benzene rings is 13. The zero-order chi connectivity index (χ0) is 58.4. The van der Waals surface area contributed by atoms with Crippen LogP contribution >= 0.6 is 0 Å². The molecule has 3 aliphatic rings. The van der Waals surface area contributed by atoms with Gasteiger partial charge < -0.3 is 14.4 Å². The van der Waals surface area contributed by atoms with Gasteiger partial charge in [0.05, 0.1) is 11.0 Å². The van der Waals surface area contributed by atoms with Gasteiger partial charge in [-0.1, -0.05) is 242 Å². The van der Waals surface area contributed by atoms with Crippen LogP contribution in [0, 0.1) is 6.92 Å². The molecule has 2 aliphatic heterocycles. The van der Waals surface area contributed by atoms with Gasteiger partial charge in [0.1, 0.15) is 0 Å². The summed E-state index contributed by atoms with van der Waals surface area (Å²) in [5.41, 5.74) is 26.6. The van der Waals surface area contributed by atoms with Crippen LogP contribution in [0.3, 0.4) is 0 Å². The van der Waals surface area contributed by atoms with Crippen LogP contribution < -0.4 is 26.2 Å². The first-order valence-electron chi connectivity index (χ1n) is 30.9. The molecule has 414 valence electrons. The normalized spacial score (nSPS) is 13.7. The van der Waals surface area contributed by atoms with Crippen molar-refractivity contribution >= 4 is 122 Å². The zero-order valence-electron chi connectivity index (χ0n) is 49.2. The molecule has 1 aliphatic carbocycles. The lowest BCUT2D eigenvalue weighted by Crippen LogP contribution is -2.61. The fourth-order valence-electron chi connectivity index (χ4n) is 14.8. The van der Waals surface area contributed by atoms with Crippen LogP contribution in [0.5, 0.6) is 0 Å². The minimum absolute atomic E-state index is 0.140. The van der Waals surface area contributed by atoms with Crippen molar-refractivity contribution < 1.29 is 0 Å². The highest BCUT2D eigenvalue weighted by molar-refractivity contribution is 7.00. The van der Waals surface area contributed by atoms with Crippen LogP contribution in [0.1, 0.15) is 36.5 Å². The molecule has 0 bridgehead atoms. The first-order valence-corrected chi connectivity index (χ1v) is 30.9. The van der Waals surface area contributed by atoms with Crippen molar-refractivity contribution in [1.82, 2.24) is 4.57 Å². The average molecular weight is 1120 g/mol. The summed E-state index contributed by atoms with van der Waals surface area (Å²) in [5, 5.41) is 9.99. The van der Waals surface area contributed by atoms with E-state index in [0.717, 1.165) is 35.6 Å². The van der Waals surface area contributed by atoms with Gasteiger partial charge in [0.15, 0.2) is 0 Å². The molecule has 14 aromatic rings. The van der Waals surface area contributed by atoms with Crippen LogP contribution in [-0.4, -0.2) is 11.3 Å². The molecule has 3 nitrogen and oxygen atoms in total. The van der Waals surface area contributed by atoms with Crippen LogP contribution in [0.4, 0.5) is 34.1 Å². The van der Waals surface area contributed by atoms with Crippen molar-refractivity contribution in [3.05, 3.63) is 326 Å². The number of para-hydroxylation sites is 2. The predicted molar refractivity (Wildman–Crippen MR) is 377 cm³/mol. The first kappa shape index (κ1) is 51.5. The third kappa shape index (κ3) is 8.43. The number of fused-ring (bicyclic) bond motifs is 13. The number of hydrogen-bond donors (Lipinski definition) is 0. The number of rotatable bonds is 10. The van der Waals surface area contributed by atoms with Crippen molar-refractivity contribution in [1.29, 1.82) is 0 Å². The Hall–Kier alpha value is -10.9. The van der Waals surface area contributed by atoms with Gasteiger partial charge >= 0.3 is 0 Å². The number of aromatic nitrogens is 1. The highest BCUT2D eigenvalue weighted by Gasteiger charge is 2.44. The lowest BCUT2D eigenvalue weighted by molar-refractivity contribution is 1.14. The average Bonchev–Trinajstić information content (AvgIpc) is 0.872. The van der Waals surface area contributed by atoms with Crippen molar-refractivity contribution in [3.8, 4) is 27.9 Å². The van der Waals surface area contributed by atoms with E-state index < -0.39 is 0 Å². The molecule has 0 saturated heterocycles. The Morgan fingerprint density at radius 1 is 0.409 bits per heavy atom. The largest absolute Gasteiger partial charge is 0.311 e. The minimum Gasteiger partial charge on any atom is -0.311 e. The van der Waals surface area contributed by atoms with E-state index in [0.29, 0.717) is 0 Å². The standard InChI is InChI=1S/C84H60BN3/c1-55-21-9-12-28-67(55)56(2)37-38-61(49-57-22-10-11-23-57)63-51-82-84-83(52-63)88(65-44-46-72-70-31-14-13-29-68(70)69-30-15-16-32-71(69)75(72)53-65)81-54-66(87-78-35-19-17-33-73(78)74-34-18-20-36-79(74)87)45-47-76(81)85(84)77-50-62(59-26-7-4-8-27-59)41-48-80(77)86(82)64-42-39-60(40-43-64)58-24-5-3-6-25-58/h3-22,24-48,50-54H,23,49H2,1-2H3/b56-37+,61-38+. The SMILES string of the molecule is C/C(=C\C=C(/CC1=CC=CC1)c1cc2c3c(c1)N(c1ccc4c5ccccc5c5ccccc5c4c1)c1cc(-n4c5ccccc5c5ccccc54)ccc1B3c1cc(-c3ccccc3)ccc1N2c1ccc(-c2ccccc2)cc1)c1ccccc1C. The summed E-state index contributed by atoms with van der Waals surface area (Å²) in [7, 11) is 0. The summed E-state index contributed by atoms with van der Waals surface area (Å²) in [4.78, 5) is 5.22. The molecule has 0 fully saturated rings. The fourth-order valence-corrected chi connectivity index (χ4v) is 14.8. The topological polar surface area (TPSA) is 11.4 Å². The number of allylic oxidation sites excluding steroid dienone is 8. The Morgan fingerprint density at radius 2 is 0.943 bits per heavy atom. The summed E-state index contributed by atoms with van der Waals surface area (Å²) in [6.45, 7) is 4.34. The molecule has 0 N–H and O–H groups in total.